The normalized spacial score (nSPS) is 13.1. The van der Waals surface area contributed by atoms with Crippen molar-refractivity contribution in [1.82, 2.24) is 9.36 Å². The molecule has 1 rings (SSSR count). The SMILES string of the molecule is CCC(CC)C(O)CNc1nc(C)ns1. The zero-order valence-electron chi connectivity index (χ0n) is 9.53. The molecule has 0 bridgehead atoms. The highest BCUT2D eigenvalue weighted by Gasteiger charge is 2.15. The van der Waals surface area contributed by atoms with Crippen LogP contribution < -0.4 is 5.32 Å². The summed E-state index contributed by atoms with van der Waals surface area (Å²) < 4.78 is 4.07. The molecule has 1 heterocycles. The third kappa shape index (κ3) is 3.76. The fourth-order valence-corrected chi connectivity index (χ4v) is 2.14. The van der Waals surface area contributed by atoms with Gasteiger partial charge in [-0.1, -0.05) is 26.7 Å². The van der Waals surface area contributed by atoms with Crippen LogP contribution >= 0.6 is 11.5 Å². The second-order valence-corrected chi connectivity index (χ2v) is 4.42. The van der Waals surface area contributed by atoms with Crippen molar-refractivity contribution in [2.24, 2.45) is 5.92 Å². The molecule has 1 unspecified atom stereocenters. The molecule has 4 nitrogen and oxygen atoms in total. The predicted octanol–water partition coefficient (Wildman–Crippen LogP) is 2.06. The summed E-state index contributed by atoms with van der Waals surface area (Å²) in [5.41, 5.74) is 0. The van der Waals surface area contributed by atoms with Crippen molar-refractivity contribution >= 4 is 16.7 Å². The van der Waals surface area contributed by atoms with E-state index in [1.807, 2.05) is 6.92 Å². The highest BCUT2D eigenvalue weighted by Crippen LogP contribution is 2.15. The molecule has 0 aliphatic rings. The number of hydrogen-bond donors (Lipinski definition) is 2. The van der Waals surface area contributed by atoms with Gasteiger partial charge in [0.1, 0.15) is 5.82 Å². The van der Waals surface area contributed by atoms with Gasteiger partial charge < -0.3 is 10.4 Å². The minimum absolute atomic E-state index is 0.302. The van der Waals surface area contributed by atoms with Gasteiger partial charge in [0, 0.05) is 18.1 Å². The van der Waals surface area contributed by atoms with Crippen molar-refractivity contribution in [2.75, 3.05) is 11.9 Å². The van der Waals surface area contributed by atoms with E-state index in [0.717, 1.165) is 23.8 Å². The number of aromatic nitrogens is 2. The largest absolute Gasteiger partial charge is 0.391 e. The van der Waals surface area contributed by atoms with E-state index < -0.39 is 0 Å². The first-order chi connectivity index (χ1) is 7.17. The first kappa shape index (κ1) is 12.4. The van der Waals surface area contributed by atoms with Crippen molar-refractivity contribution in [3.05, 3.63) is 5.82 Å². The molecule has 0 aromatic carbocycles. The van der Waals surface area contributed by atoms with Crippen LogP contribution in [0.2, 0.25) is 0 Å². The summed E-state index contributed by atoms with van der Waals surface area (Å²) >= 11 is 1.34. The lowest BCUT2D eigenvalue weighted by Crippen LogP contribution is -2.27. The van der Waals surface area contributed by atoms with Crippen molar-refractivity contribution < 1.29 is 5.11 Å². The van der Waals surface area contributed by atoms with E-state index in [1.165, 1.54) is 11.5 Å². The van der Waals surface area contributed by atoms with Crippen LogP contribution in [-0.4, -0.2) is 27.1 Å². The van der Waals surface area contributed by atoms with Gasteiger partial charge in [0.25, 0.3) is 0 Å². The van der Waals surface area contributed by atoms with Crippen LogP contribution in [0.25, 0.3) is 0 Å². The maximum Gasteiger partial charge on any atom is 0.202 e. The number of rotatable bonds is 6. The second kappa shape index (κ2) is 6.02. The Hall–Kier alpha value is -0.680. The van der Waals surface area contributed by atoms with Crippen molar-refractivity contribution in [2.45, 2.75) is 39.7 Å². The minimum atomic E-state index is -0.302. The quantitative estimate of drug-likeness (QED) is 0.784. The molecule has 0 aliphatic heterocycles. The Balaban J connectivity index is 2.36. The maximum absolute atomic E-state index is 9.87. The molecule has 0 saturated carbocycles. The topological polar surface area (TPSA) is 58.0 Å². The average Bonchev–Trinajstić information content (AvgIpc) is 2.63. The van der Waals surface area contributed by atoms with Gasteiger partial charge in [-0.15, -0.1) is 0 Å². The van der Waals surface area contributed by atoms with Crippen LogP contribution in [-0.2, 0) is 0 Å². The third-order valence-electron chi connectivity index (χ3n) is 2.58. The number of aliphatic hydroxyl groups excluding tert-OH is 1. The molecule has 0 radical (unpaired) electrons. The van der Waals surface area contributed by atoms with E-state index in [0.29, 0.717) is 12.5 Å². The Bertz CT molecular complexity index is 286. The number of hydrogen-bond acceptors (Lipinski definition) is 5. The molecule has 0 saturated heterocycles. The van der Waals surface area contributed by atoms with E-state index in [9.17, 15) is 5.11 Å². The standard InChI is InChI=1S/C10H19N3OS/c1-4-8(5-2)9(14)6-11-10-12-7(3)13-15-10/h8-9,14H,4-6H2,1-3H3,(H,11,12,13). The fraction of sp³-hybridized carbons (Fsp3) is 0.800. The lowest BCUT2D eigenvalue weighted by Gasteiger charge is -2.19. The number of nitrogens with one attached hydrogen (secondary N) is 1. The molecule has 0 amide bonds. The molecule has 1 aromatic rings. The Morgan fingerprint density at radius 1 is 1.40 bits per heavy atom. The molecule has 86 valence electrons. The third-order valence-corrected chi connectivity index (χ3v) is 3.35. The lowest BCUT2D eigenvalue weighted by atomic mass is 9.97. The van der Waals surface area contributed by atoms with Crippen LogP contribution in [0.15, 0.2) is 0 Å². The fourth-order valence-electron chi connectivity index (χ4n) is 1.56. The Kier molecular flexibility index (Phi) is 4.98. The molecule has 2 N–H and O–H groups in total. The average molecular weight is 229 g/mol. The van der Waals surface area contributed by atoms with E-state index >= 15 is 0 Å². The molecule has 5 heteroatoms. The number of nitrogens with zero attached hydrogens (tertiary/aromatic N) is 2. The maximum atomic E-state index is 9.87. The summed E-state index contributed by atoms with van der Waals surface area (Å²) in [6, 6.07) is 0. The highest BCUT2D eigenvalue weighted by molar-refractivity contribution is 7.09. The molecular formula is C10H19N3OS. The van der Waals surface area contributed by atoms with Gasteiger partial charge in [-0.2, -0.15) is 4.37 Å². The second-order valence-electron chi connectivity index (χ2n) is 3.67. The van der Waals surface area contributed by atoms with Crippen LogP contribution in [0.4, 0.5) is 5.13 Å². The summed E-state index contributed by atoms with van der Waals surface area (Å²) in [5.74, 6) is 1.14. The lowest BCUT2D eigenvalue weighted by molar-refractivity contribution is 0.114. The highest BCUT2D eigenvalue weighted by atomic mass is 32.1. The van der Waals surface area contributed by atoms with Gasteiger partial charge >= 0.3 is 0 Å². The Morgan fingerprint density at radius 3 is 2.53 bits per heavy atom. The van der Waals surface area contributed by atoms with Crippen LogP contribution in [0, 0.1) is 12.8 Å². The first-order valence-corrected chi connectivity index (χ1v) is 6.16. The first-order valence-electron chi connectivity index (χ1n) is 5.39. The van der Waals surface area contributed by atoms with E-state index in [-0.39, 0.29) is 6.10 Å². The van der Waals surface area contributed by atoms with Gasteiger partial charge in [0.2, 0.25) is 5.13 Å². The molecule has 1 aromatic heterocycles. The molecule has 0 spiro atoms. The van der Waals surface area contributed by atoms with E-state index in [4.69, 9.17) is 0 Å². The summed E-state index contributed by atoms with van der Waals surface area (Å²) in [6.45, 7) is 6.62. The smallest absolute Gasteiger partial charge is 0.202 e. The minimum Gasteiger partial charge on any atom is -0.391 e. The number of anilines is 1. The molecule has 1 atom stereocenters. The van der Waals surface area contributed by atoms with Crippen molar-refractivity contribution in [3.63, 3.8) is 0 Å². The van der Waals surface area contributed by atoms with Crippen molar-refractivity contribution in [1.29, 1.82) is 0 Å². The van der Waals surface area contributed by atoms with Gasteiger partial charge in [-0.25, -0.2) is 4.98 Å². The van der Waals surface area contributed by atoms with Crippen LogP contribution in [0.3, 0.4) is 0 Å². The van der Waals surface area contributed by atoms with Crippen molar-refractivity contribution in [3.8, 4) is 0 Å². The van der Waals surface area contributed by atoms with Crippen LogP contribution in [0.5, 0.6) is 0 Å². The van der Waals surface area contributed by atoms with E-state index in [1.54, 1.807) is 0 Å². The monoisotopic (exact) mass is 229 g/mol. The van der Waals surface area contributed by atoms with Crippen LogP contribution in [0.1, 0.15) is 32.5 Å². The predicted molar refractivity (Wildman–Crippen MR) is 63.2 cm³/mol. The van der Waals surface area contributed by atoms with Gasteiger partial charge in [-0.3, -0.25) is 0 Å². The summed E-state index contributed by atoms with van der Waals surface area (Å²) in [6.07, 6.45) is 1.72. The summed E-state index contributed by atoms with van der Waals surface area (Å²) in [5, 5.41) is 13.8. The van der Waals surface area contributed by atoms with Gasteiger partial charge in [0.15, 0.2) is 0 Å². The summed E-state index contributed by atoms with van der Waals surface area (Å²) in [4.78, 5) is 4.18. The van der Waals surface area contributed by atoms with Gasteiger partial charge in [-0.05, 0) is 12.8 Å². The number of aliphatic hydroxyl groups is 1. The molecule has 0 fully saturated rings. The molecule has 0 aliphatic carbocycles. The van der Waals surface area contributed by atoms with E-state index in [2.05, 4.69) is 28.5 Å². The molecule has 15 heavy (non-hydrogen) atoms. The van der Waals surface area contributed by atoms with Gasteiger partial charge in [0.05, 0.1) is 6.10 Å². The summed E-state index contributed by atoms with van der Waals surface area (Å²) in [7, 11) is 0. The number of aryl methyl sites for hydroxylation is 1. The zero-order valence-corrected chi connectivity index (χ0v) is 10.3. The zero-order chi connectivity index (χ0) is 11.3. The Labute approximate surface area is 94.9 Å². The molecular weight excluding hydrogens is 210 g/mol. The Morgan fingerprint density at radius 2 is 2.07 bits per heavy atom.